The van der Waals surface area contributed by atoms with Crippen molar-refractivity contribution in [2.45, 2.75) is 0 Å². The van der Waals surface area contributed by atoms with Gasteiger partial charge in [-0.1, -0.05) is 0 Å². The Morgan fingerprint density at radius 3 is 2.11 bits per heavy atom. The fraction of sp³-hybridized carbons (Fsp3) is 0. The zero-order chi connectivity index (χ0) is 23.8. The summed E-state index contributed by atoms with van der Waals surface area (Å²) in [4.78, 5) is 4.61. The van der Waals surface area contributed by atoms with Crippen molar-refractivity contribution < 1.29 is 9.47 Å². The number of aromatic nitrogens is 1. The van der Waals surface area contributed by atoms with Crippen LogP contribution in [0.15, 0.2) is 91.0 Å². The third-order valence-corrected chi connectivity index (χ3v) is 9.49. The number of hydrogen-bond donors (Lipinski definition) is 0. The number of rotatable bonds is 1. The Hall–Kier alpha value is -4.30. The molecule has 0 bridgehead atoms. The van der Waals surface area contributed by atoms with Crippen LogP contribution in [-0.4, -0.2) is 26.2 Å². The standard InChI is InChI=1S/C30H15BN2O2Se/c32-16-18-12-13-21-20-7-5-6-19(29(20)36-30(21)33-18)17-14-26-28-27(15-17)35-25-11-4-2-9-23(25)31(28)22-8-1-3-10-24(22)34-26/h1-15H. The average Bonchev–Trinajstić information content (AvgIpc) is 3.30. The summed E-state index contributed by atoms with van der Waals surface area (Å²) in [7, 11) is 0. The fourth-order valence-electron chi connectivity index (χ4n) is 5.52. The molecule has 0 amide bonds. The molecule has 0 unspecified atom stereocenters. The Kier molecular flexibility index (Phi) is 4.07. The van der Waals surface area contributed by atoms with E-state index in [1.165, 1.54) is 9.65 Å². The Morgan fingerprint density at radius 2 is 1.42 bits per heavy atom. The molecule has 2 aromatic heterocycles. The van der Waals surface area contributed by atoms with Crippen LogP contribution in [0.4, 0.5) is 0 Å². The molecule has 2 aliphatic rings. The van der Waals surface area contributed by atoms with E-state index in [4.69, 9.17) is 9.47 Å². The van der Waals surface area contributed by atoms with Gasteiger partial charge in [0.1, 0.15) is 0 Å². The van der Waals surface area contributed by atoms with Gasteiger partial charge >= 0.3 is 214 Å². The van der Waals surface area contributed by atoms with Crippen LogP contribution in [-0.2, 0) is 0 Å². The number of pyridine rings is 1. The molecule has 36 heavy (non-hydrogen) atoms. The van der Waals surface area contributed by atoms with Crippen molar-refractivity contribution >= 4 is 57.0 Å². The van der Waals surface area contributed by atoms with E-state index in [1.54, 1.807) is 6.07 Å². The Bertz CT molecular complexity index is 1870. The van der Waals surface area contributed by atoms with E-state index in [2.05, 4.69) is 65.7 Å². The van der Waals surface area contributed by atoms with Gasteiger partial charge in [0, 0.05) is 0 Å². The number of benzene rings is 4. The van der Waals surface area contributed by atoms with Gasteiger partial charge in [-0.25, -0.2) is 0 Å². The molecular formula is C30H15BN2O2Se. The number of fused-ring (bicyclic) bond motifs is 7. The summed E-state index contributed by atoms with van der Waals surface area (Å²) >= 11 is 0.00467. The first-order chi connectivity index (χ1) is 17.8. The van der Waals surface area contributed by atoms with Crippen molar-refractivity contribution in [1.82, 2.24) is 4.98 Å². The minimum atomic E-state index is 0.00467. The maximum atomic E-state index is 9.32. The topological polar surface area (TPSA) is 55.1 Å². The second kappa shape index (κ2) is 7.35. The van der Waals surface area contributed by atoms with Gasteiger partial charge in [-0.3, -0.25) is 0 Å². The van der Waals surface area contributed by atoms with Crippen LogP contribution in [0, 0.1) is 11.3 Å². The maximum absolute atomic E-state index is 9.32. The molecule has 0 N–H and O–H groups in total. The van der Waals surface area contributed by atoms with E-state index >= 15 is 0 Å². The fourth-order valence-corrected chi connectivity index (χ4v) is 8.05. The Labute approximate surface area is 213 Å². The third-order valence-electron chi connectivity index (χ3n) is 7.08. The van der Waals surface area contributed by atoms with Crippen LogP contribution < -0.4 is 25.9 Å². The van der Waals surface area contributed by atoms with Crippen molar-refractivity contribution in [1.29, 1.82) is 5.26 Å². The van der Waals surface area contributed by atoms with E-state index < -0.39 is 0 Å². The zero-order valence-electron chi connectivity index (χ0n) is 18.9. The summed E-state index contributed by atoms with van der Waals surface area (Å²) in [5.41, 5.74) is 6.09. The van der Waals surface area contributed by atoms with Gasteiger partial charge in [-0.15, -0.1) is 0 Å². The molecule has 4 aromatic carbocycles. The summed E-state index contributed by atoms with van der Waals surface area (Å²) < 4.78 is 15.3. The van der Waals surface area contributed by atoms with Crippen molar-refractivity contribution in [3.05, 3.63) is 96.7 Å². The molecule has 8 rings (SSSR count). The van der Waals surface area contributed by atoms with E-state index in [-0.39, 0.29) is 21.2 Å². The van der Waals surface area contributed by atoms with E-state index in [9.17, 15) is 5.26 Å². The monoisotopic (exact) mass is 526 g/mol. The third kappa shape index (κ3) is 2.73. The summed E-state index contributed by atoms with van der Waals surface area (Å²) in [5, 5.41) is 11.6. The first-order valence-electron chi connectivity index (χ1n) is 11.7. The average molecular weight is 525 g/mol. The van der Waals surface area contributed by atoms with Crippen LogP contribution in [0.3, 0.4) is 0 Å². The van der Waals surface area contributed by atoms with Gasteiger partial charge in [-0.2, -0.15) is 0 Å². The van der Waals surface area contributed by atoms with Crippen LogP contribution in [0.5, 0.6) is 23.0 Å². The number of para-hydroxylation sites is 2. The van der Waals surface area contributed by atoms with Crippen molar-refractivity contribution in [2.75, 3.05) is 0 Å². The second-order valence-corrected chi connectivity index (χ2v) is 11.1. The molecule has 0 spiro atoms. The van der Waals surface area contributed by atoms with E-state index in [0.29, 0.717) is 5.69 Å². The van der Waals surface area contributed by atoms with Crippen LogP contribution in [0.1, 0.15) is 5.69 Å². The van der Waals surface area contributed by atoms with E-state index in [0.717, 1.165) is 60.3 Å². The van der Waals surface area contributed by atoms with Gasteiger partial charge in [0.2, 0.25) is 0 Å². The predicted octanol–water partition coefficient (Wildman–Crippen LogP) is 4.71. The Morgan fingerprint density at radius 1 is 0.722 bits per heavy atom. The summed E-state index contributed by atoms with van der Waals surface area (Å²) in [5.74, 6) is 3.45. The molecule has 6 heteroatoms. The molecule has 166 valence electrons. The zero-order valence-corrected chi connectivity index (χ0v) is 20.6. The SMILES string of the molecule is N#Cc1ccc2c(n1)[se]c1c(-c3cc4c5c(c3)Oc3ccccc3B5c3ccccc3O4)cccc12. The van der Waals surface area contributed by atoms with Crippen LogP contribution in [0.2, 0.25) is 0 Å². The van der Waals surface area contributed by atoms with E-state index in [1.807, 2.05) is 30.3 Å². The normalized spacial score (nSPS) is 12.8. The molecule has 0 fully saturated rings. The molecule has 6 aromatic rings. The summed E-state index contributed by atoms with van der Waals surface area (Å²) in [6.45, 7) is 0.0718. The van der Waals surface area contributed by atoms with Gasteiger partial charge in [-0.05, 0) is 0 Å². The van der Waals surface area contributed by atoms with Gasteiger partial charge in [0.15, 0.2) is 0 Å². The molecule has 0 radical (unpaired) electrons. The Balaban J connectivity index is 1.38. The summed E-state index contributed by atoms with van der Waals surface area (Å²) in [6, 6.07) is 33.3. The predicted molar refractivity (Wildman–Crippen MR) is 144 cm³/mol. The molecule has 4 nitrogen and oxygen atoms in total. The number of nitrogens with zero attached hydrogens (tertiary/aromatic N) is 2. The molecule has 2 aliphatic heterocycles. The first-order valence-corrected chi connectivity index (χ1v) is 13.4. The van der Waals surface area contributed by atoms with Crippen LogP contribution >= 0.6 is 0 Å². The second-order valence-electron chi connectivity index (χ2n) is 9.04. The molecule has 0 atom stereocenters. The van der Waals surface area contributed by atoms with Gasteiger partial charge < -0.3 is 0 Å². The molecule has 0 aliphatic carbocycles. The van der Waals surface area contributed by atoms with Gasteiger partial charge in [0.05, 0.1) is 0 Å². The molecular weight excluding hydrogens is 510 g/mol. The quantitative estimate of drug-likeness (QED) is 0.292. The number of nitriles is 1. The molecule has 0 saturated heterocycles. The van der Waals surface area contributed by atoms with Crippen molar-refractivity contribution in [3.63, 3.8) is 0 Å². The number of hydrogen-bond acceptors (Lipinski definition) is 4. The minimum absolute atomic E-state index is 0.00467. The molecule has 4 heterocycles. The molecule has 0 saturated carbocycles. The number of ether oxygens (including phenoxy) is 2. The van der Waals surface area contributed by atoms with Crippen LogP contribution in [0.25, 0.3) is 30.6 Å². The van der Waals surface area contributed by atoms with Crippen molar-refractivity contribution in [2.24, 2.45) is 0 Å². The van der Waals surface area contributed by atoms with Crippen molar-refractivity contribution in [3.8, 4) is 40.2 Å². The van der Waals surface area contributed by atoms with Gasteiger partial charge in [0.25, 0.3) is 0 Å². The summed E-state index contributed by atoms with van der Waals surface area (Å²) in [6.07, 6.45) is 0. The first kappa shape index (κ1) is 20.0.